The Kier molecular flexibility index (Phi) is 10.7. The molecule has 0 radical (unpaired) electrons. The second-order valence-electron chi connectivity index (χ2n) is 13.7. The molecule has 1 saturated carbocycles. The van der Waals surface area contributed by atoms with E-state index in [0.29, 0.717) is 65.7 Å². The Morgan fingerprint density at radius 3 is 2.42 bits per heavy atom. The number of aromatic nitrogens is 1. The summed E-state index contributed by atoms with van der Waals surface area (Å²) in [6.45, 7) is 6.73. The van der Waals surface area contributed by atoms with Gasteiger partial charge in [-0.15, -0.1) is 0 Å². The minimum absolute atomic E-state index is 0.00934. The number of ether oxygens (including phenoxy) is 2. The molecule has 2 aromatic carbocycles. The number of fused-ring (bicyclic) bond motifs is 1. The average molecular weight is 700 g/mol. The molecule has 1 aromatic heterocycles. The van der Waals surface area contributed by atoms with E-state index < -0.39 is 5.97 Å². The Morgan fingerprint density at radius 1 is 1.00 bits per heavy atom. The van der Waals surface area contributed by atoms with Crippen LogP contribution in [0.25, 0.3) is 10.9 Å². The van der Waals surface area contributed by atoms with Crippen LogP contribution in [-0.4, -0.2) is 93.9 Å². The number of nitrogens with one attached hydrogen (secondary N) is 1. The Bertz CT molecular complexity index is 1660. The van der Waals surface area contributed by atoms with Gasteiger partial charge in [-0.3, -0.25) is 19.3 Å². The zero-order chi connectivity index (χ0) is 34.1. The van der Waals surface area contributed by atoms with E-state index in [1.807, 2.05) is 40.8 Å². The fourth-order valence-corrected chi connectivity index (χ4v) is 8.12. The van der Waals surface area contributed by atoms with Crippen LogP contribution in [0.4, 0.5) is 5.69 Å². The number of rotatable bonds is 9. The van der Waals surface area contributed by atoms with Crippen LogP contribution in [0, 0.1) is 5.92 Å². The van der Waals surface area contributed by atoms with Crippen molar-refractivity contribution in [3.8, 4) is 0 Å². The van der Waals surface area contributed by atoms with Crippen LogP contribution in [0.15, 0.2) is 42.6 Å². The Hall–Kier alpha value is -3.15. The van der Waals surface area contributed by atoms with Crippen LogP contribution in [-0.2, 0) is 32.5 Å². The predicted molar refractivity (Wildman–Crippen MR) is 186 cm³/mol. The van der Waals surface area contributed by atoms with E-state index in [4.69, 9.17) is 32.7 Å². The number of benzene rings is 2. The first-order chi connectivity index (χ1) is 23.0. The van der Waals surface area contributed by atoms with Gasteiger partial charge in [0.25, 0.3) is 5.91 Å². The van der Waals surface area contributed by atoms with Crippen LogP contribution in [0.1, 0.15) is 61.9 Å². The molecule has 0 unspecified atom stereocenters. The van der Waals surface area contributed by atoms with E-state index in [1.54, 1.807) is 18.3 Å². The van der Waals surface area contributed by atoms with Gasteiger partial charge in [0.1, 0.15) is 0 Å². The number of nitrogens with zero attached hydrogens (tertiary/aromatic N) is 3. The molecule has 2 amide bonds. The Balaban J connectivity index is 1.14. The van der Waals surface area contributed by atoms with Gasteiger partial charge in [0.15, 0.2) is 0 Å². The molecule has 4 atom stereocenters. The van der Waals surface area contributed by atoms with Crippen molar-refractivity contribution in [1.29, 1.82) is 0 Å². The Labute approximate surface area is 291 Å². The summed E-state index contributed by atoms with van der Waals surface area (Å²) < 4.78 is 14.2. The lowest BCUT2D eigenvalue weighted by molar-refractivity contribution is -0.144. The van der Waals surface area contributed by atoms with Crippen LogP contribution >= 0.6 is 23.2 Å². The first-order valence-electron chi connectivity index (χ1n) is 16.8. The lowest BCUT2D eigenvalue weighted by atomic mass is 9.87. The maximum Gasteiger partial charge on any atom is 0.306 e. The minimum atomic E-state index is -0.739. The number of carbonyl (C=O) groups is 3. The summed E-state index contributed by atoms with van der Waals surface area (Å²) in [4.78, 5) is 43.0. The highest BCUT2D eigenvalue weighted by molar-refractivity contribution is 6.36. The zero-order valence-electron chi connectivity index (χ0n) is 27.7. The first kappa shape index (κ1) is 34.7. The molecule has 48 heavy (non-hydrogen) atoms. The van der Waals surface area contributed by atoms with E-state index in [2.05, 4.69) is 24.1 Å². The number of aryl methyl sites for hydroxylation is 1. The van der Waals surface area contributed by atoms with E-state index in [-0.39, 0.29) is 54.5 Å². The third-order valence-corrected chi connectivity index (χ3v) is 10.8. The smallest absolute Gasteiger partial charge is 0.306 e. The van der Waals surface area contributed by atoms with Gasteiger partial charge in [0.05, 0.1) is 59.6 Å². The quantitative estimate of drug-likeness (QED) is 0.281. The molecule has 2 saturated heterocycles. The lowest BCUT2D eigenvalue weighted by Gasteiger charge is -2.38. The number of halogens is 2. The van der Waals surface area contributed by atoms with Gasteiger partial charge in [-0.05, 0) is 69.7 Å². The molecule has 3 fully saturated rings. The topological polar surface area (TPSA) is 113 Å². The summed E-state index contributed by atoms with van der Waals surface area (Å²) in [5.74, 6) is -1.42. The van der Waals surface area contributed by atoms with Crippen molar-refractivity contribution in [2.24, 2.45) is 13.0 Å². The molecule has 3 heterocycles. The van der Waals surface area contributed by atoms with Crippen molar-refractivity contribution >= 4 is 57.6 Å². The minimum Gasteiger partial charge on any atom is -0.481 e. The summed E-state index contributed by atoms with van der Waals surface area (Å²) in [5, 5.41) is 13.7. The standard InChI is InChI=1S/C36H44Cl2N4O6/c1-21-16-41(17-22(2)48-21)25-14-26(20-47-27-10-8-23(9-11-27)36(45)46)42(18-25)34(43)13-24-12-31(38)32(15-30(24)37)39-35(44)29-19-40(3)33-7-5-4-6-28(29)33/h4-7,12,15,19,21-23,25-27H,8-11,13-14,16-18,20H2,1-3H3,(H,39,44)(H,45,46)/t21-,22+,23?,25-,26-,27?/m0/s1. The predicted octanol–water partition coefficient (Wildman–Crippen LogP) is 6.02. The third kappa shape index (κ3) is 7.68. The van der Waals surface area contributed by atoms with Crippen LogP contribution in [0.2, 0.25) is 10.0 Å². The monoisotopic (exact) mass is 698 g/mol. The zero-order valence-corrected chi connectivity index (χ0v) is 29.2. The maximum absolute atomic E-state index is 14.0. The fourth-order valence-electron chi connectivity index (χ4n) is 7.66. The average Bonchev–Trinajstić information content (AvgIpc) is 3.64. The van der Waals surface area contributed by atoms with Gasteiger partial charge in [-0.1, -0.05) is 41.4 Å². The van der Waals surface area contributed by atoms with Crippen molar-refractivity contribution in [2.75, 3.05) is 31.6 Å². The number of para-hydroxylation sites is 1. The van der Waals surface area contributed by atoms with Crippen molar-refractivity contribution in [3.63, 3.8) is 0 Å². The fraction of sp³-hybridized carbons (Fsp3) is 0.528. The molecule has 3 aliphatic rings. The molecule has 0 bridgehead atoms. The second-order valence-corrected chi connectivity index (χ2v) is 14.5. The van der Waals surface area contributed by atoms with Crippen molar-refractivity contribution in [1.82, 2.24) is 14.4 Å². The van der Waals surface area contributed by atoms with Crippen LogP contribution in [0.3, 0.4) is 0 Å². The number of hydrogen-bond donors (Lipinski definition) is 2. The van der Waals surface area contributed by atoms with Crippen molar-refractivity contribution < 1.29 is 29.0 Å². The molecular weight excluding hydrogens is 655 g/mol. The SMILES string of the molecule is C[C@@H]1CN([C@H]2C[C@@H](COC3CCC(C(=O)O)CC3)N(C(=O)Cc3cc(Cl)c(NC(=O)c4cn(C)c5ccccc45)cc3Cl)C2)C[C@H](C)O1. The normalized spacial score (nSPS) is 26.6. The highest BCUT2D eigenvalue weighted by Gasteiger charge is 2.40. The molecule has 0 spiro atoms. The molecule has 1 aliphatic carbocycles. The number of carboxylic acid groups (broad SMARTS) is 1. The largest absolute Gasteiger partial charge is 0.481 e. The molecule has 2 aliphatic heterocycles. The van der Waals surface area contributed by atoms with Gasteiger partial charge in [0, 0.05) is 54.8 Å². The number of hydrogen-bond acceptors (Lipinski definition) is 6. The van der Waals surface area contributed by atoms with Gasteiger partial charge >= 0.3 is 5.97 Å². The van der Waals surface area contributed by atoms with Gasteiger partial charge < -0.3 is 29.4 Å². The van der Waals surface area contributed by atoms with E-state index >= 15 is 0 Å². The van der Waals surface area contributed by atoms with Crippen LogP contribution in [0.5, 0.6) is 0 Å². The van der Waals surface area contributed by atoms with Gasteiger partial charge in [-0.2, -0.15) is 0 Å². The summed E-state index contributed by atoms with van der Waals surface area (Å²) in [6.07, 6.45) is 5.46. The number of carboxylic acids is 1. The summed E-state index contributed by atoms with van der Waals surface area (Å²) >= 11 is 13.4. The Morgan fingerprint density at radius 2 is 1.71 bits per heavy atom. The first-order valence-corrected chi connectivity index (χ1v) is 17.6. The lowest BCUT2D eigenvalue weighted by Crippen LogP contribution is -2.51. The summed E-state index contributed by atoms with van der Waals surface area (Å²) in [7, 11) is 1.89. The van der Waals surface area contributed by atoms with Gasteiger partial charge in [0.2, 0.25) is 5.91 Å². The third-order valence-electron chi connectivity index (χ3n) is 10.1. The van der Waals surface area contributed by atoms with Gasteiger partial charge in [-0.25, -0.2) is 0 Å². The highest BCUT2D eigenvalue weighted by Crippen LogP contribution is 2.33. The summed E-state index contributed by atoms with van der Waals surface area (Å²) in [5.41, 5.74) is 2.42. The number of likely N-dealkylation sites (tertiary alicyclic amines) is 1. The van der Waals surface area contributed by atoms with E-state index in [0.717, 1.165) is 30.4 Å². The molecule has 12 heteroatoms. The van der Waals surface area contributed by atoms with E-state index in [1.165, 1.54) is 0 Å². The molecular formula is C36H44Cl2N4O6. The molecule has 3 aromatic rings. The number of aliphatic carboxylic acids is 1. The number of amides is 2. The van der Waals surface area contributed by atoms with Crippen molar-refractivity contribution in [3.05, 3.63) is 63.8 Å². The number of carbonyl (C=O) groups excluding carboxylic acids is 2. The maximum atomic E-state index is 14.0. The second kappa shape index (κ2) is 14.8. The molecule has 258 valence electrons. The van der Waals surface area contributed by atoms with Crippen molar-refractivity contribution in [2.45, 2.75) is 82.8 Å². The molecule has 6 rings (SSSR count). The molecule has 2 N–H and O–H groups in total. The number of anilines is 1. The molecule has 10 nitrogen and oxygen atoms in total. The highest BCUT2D eigenvalue weighted by atomic mass is 35.5. The summed E-state index contributed by atoms with van der Waals surface area (Å²) in [6, 6.07) is 11.0. The van der Waals surface area contributed by atoms with Crippen LogP contribution < -0.4 is 5.32 Å². The number of morpholine rings is 1. The van der Waals surface area contributed by atoms with E-state index in [9.17, 15) is 19.5 Å².